The summed E-state index contributed by atoms with van der Waals surface area (Å²) in [6.45, 7) is 0.390. The average molecular weight is 279 g/mol. The highest BCUT2D eigenvalue weighted by atomic mass is 35.5. The van der Waals surface area contributed by atoms with Gasteiger partial charge in [0.05, 0.1) is 4.88 Å². The summed E-state index contributed by atoms with van der Waals surface area (Å²) in [7, 11) is 0. The second-order valence-corrected chi connectivity index (χ2v) is 5.07. The summed E-state index contributed by atoms with van der Waals surface area (Å²) >= 11 is 7.35. The zero-order chi connectivity index (χ0) is 12.8. The van der Waals surface area contributed by atoms with Crippen LogP contribution < -0.4 is 4.74 Å². The first kappa shape index (κ1) is 13.0. The minimum absolute atomic E-state index is 0.117. The molecule has 1 N–H and O–H groups in total. The maximum absolute atomic E-state index is 8.60. The summed E-state index contributed by atoms with van der Waals surface area (Å²) in [4.78, 5) is 2.02. The Balaban J connectivity index is 1.94. The van der Waals surface area contributed by atoms with Crippen LogP contribution in [-0.2, 0) is 6.61 Å². The molecule has 92 valence electrons. The van der Waals surface area contributed by atoms with E-state index in [0.29, 0.717) is 11.6 Å². The SMILES string of the molecule is OCC#Cc1ccc(COc2ccc(Cl)cc2)s1. The van der Waals surface area contributed by atoms with Crippen molar-refractivity contribution in [3.05, 3.63) is 51.2 Å². The van der Waals surface area contributed by atoms with Crippen molar-refractivity contribution in [2.75, 3.05) is 6.61 Å². The van der Waals surface area contributed by atoms with Crippen LogP contribution in [0.4, 0.5) is 0 Å². The molecule has 4 heteroatoms. The predicted octanol–water partition coefficient (Wildman–Crippen LogP) is 3.32. The van der Waals surface area contributed by atoms with Gasteiger partial charge in [-0.1, -0.05) is 23.4 Å². The van der Waals surface area contributed by atoms with E-state index in [1.807, 2.05) is 24.3 Å². The summed E-state index contributed by atoms with van der Waals surface area (Å²) in [5.74, 6) is 6.27. The van der Waals surface area contributed by atoms with Gasteiger partial charge in [-0.05, 0) is 36.4 Å². The van der Waals surface area contributed by atoms with Crippen LogP contribution in [-0.4, -0.2) is 11.7 Å². The van der Waals surface area contributed by atoms with Crippen LogP contribution in [0.2, 0.25) is 5.02 Å². The fourth-order valence-electron chi connectivity index (χ4n) is 1.33. The van der Waals surface area contributed by atoms with Crippen molar-refractivity contribution in [2.24, 2.45) is 0 Å². The molecular weight excluding hydrogens is 268 g/mol. The molecule has 0 amide bonds. The Morgan fingerprint density at radius 3 is 2.67 bits per heavy atom. The Morgan fingerprint density at radius 1 is 1.17 bits per heavy atom. The summed E-state index contributed by atoms with van der Waals surface area (Å²) < 4.78 is 5.62. The van der Waals surface area contributed by atoms with E-state index >= 15 is 0 Å². The second-order valence-electron chi connectivity index (χ2n) is 3.47. The van der Waals surface area contributed by atoms with E-state index in [1.165, 1.54) is 0 Å². The zero-order valence-electron chi connectivity index (χ0n) is 9.52. The lowest BCUT2D eigenvalue weighted by Crippen LogP contribution is -1.91. The maximum atomic E-state index is 8.60. The van der Waals surface area contributed by atoms with Crippen LogP contribution in [0.15, 0.2) is 36.4 Å². The minimum Gasteiger partial charge on any atom is -0.488 e. The number of benzene rings is 1. The van der Waals surface area contributed by atoms with Crippen LogP contribution in [0, 0.1) is 11.8 Å². The minimum atomic E-state index is -0.117. The van der Waals surface area contributed by atoms with E-state index in [0.717, 1.165) is 15.5 Å². The first-order chi connectivity index (χ1) is 8.78. The number of hydrogen-bond acceptors (Lipinski definition) is 3. The van der Waals surface area contributed by atoms with Gasteiger partial charge in [-0.3, -0.25) is 0 Å². The van der Waals surface area contributed by atoms with Gasteiger partial charge in [0.2, 0.25) is 0 Å². The van der Waals surface area contributed by atoms with Gasteiger partial charge in [0.15, 0.2) is 0 Å². The molecule has 0 bridgehead atoms. The topological polar surface area (TPSA) is 29.5 Å². The number of hydrogen-bond donors (Lipinski definition) is 1. The highest BCUT2D eigenvalue weighted by Crippen LogP contribution is 2.20. The van der Waals surface area contributed by atoms with Crippen molar-refractivity contribution >= 4 is 22.9 Å². The zero-order valence-corrected chi connectivity index (χ0v) is 11.1. The van der Waals surface area contributed by atoms with E-state index in [1.54, 1.807) is 23.5 Å². The van der Waals surface area contributed by atoms with Gasteiger partial charge in [0, 0.05) is 9.90 Å². The molecule has 0 unspecified atom stereocenters. The quantitative estimate of drug-likeness (QED) is 0.873. The van der Waals surface area contributed by atoms with Crippen LogP contribution in [0.25, 0.3) is 0 Å². The first-order valence-electron chi connectivity index (χ1n) is 5.35. The molecule has 2 aromatic rings. The van der Waals surface area contributed by atoms with E-state index < -0.39 is 0 Å². The molecule has 0 fully saturated rings. The number of thiophene rings is 1. The third-order valence-electron chi connectivity index (χ3n) is 2.15. The lowest BCUT2D eigenvalue weighted by atomic mass is 10.3. The van der Waals surface area contributed by atoms with Crippen molar-refractivity contribution in [3.8, 4) is 17.6 Å². The molecule has 1 aromatic carbocycles. The maximum Gasteiger partial charge on any atom is 0.122 e. The average Bonchev–Trinajstić information content (AvgIpc) is 2.84. The van der Waals surface area contributed by atoms with E-state index in [2.05, 4.69) is 11.8 Å². The van der Waals surface area contributed by atoms with E-state index in [-0.39, 0.29) is 6.61 Å². The van der Waals surface area contributed by atoms with E-state index in [9.17, 15) is 0 Å². The van der Waals surface area contributed by atoms with Gasteiger partial charge in [-0.2, -0.15) is 0 Å². The third kappa shape index (κ3) is 3.78. The molecule has 0 saturated carbocycles. The molecule has 2 nitrogen and oxygen atoms in total. The molecule has 0 aliphatic rings. The van der Waals surface area contributed by atoms with Crippen molar-refractivity contribution in [1.82, 2.24) is 0 Å². The predicted molar refractivity (Wildman–Crippen MR) is 74.1 cm³/mol. The van der Waals surface area contributed by atoms with Gasteiger partial charge in [-0.25, -0.2) is 0 Å². The molecule has 18 heavy (non-hydrogen) atoms. The molecule has 2 rings (SSSR count). The molecule has 0 aliphatic carbocycles. The summed E-state index contributed by atoms with van der Waals surface area (Å²) in [5, 5.41) is 9.30. The Hall–Kier alpha value is -1.47. The van der Waals surface area contributed by atoms with Crippen molar-refractivity contribution in [2.45, 2.75) is 6.61 Å². The van der Waals surface area contributed by atoms with Crippen molar-refractivity contribution in [1.29, 1.82) is 0 Å². The third-order valence-corrected chi connectivity index (χ3v) is 3.37. The summed E-state index contributed by atoms with van der Waals surface area (Å²) in [5.41, 5.74) is 0. The molecule has 0 atom stereocenters. The standard InChI is InChI=1S/C14H11ClO2S/c15-11-3-5-12(6-4-11)17-10-14-8-7-13(18-14)2-1-9-16/h3-8,16H,9-10H2. The number of aliphatic hydroxyl groups excluding tert-OH is 1. The van der Waals surface area contributed by atoms with Crippen molar-refractivity contribution < 1.29 is 9.84 Å². The van der Waals surface area contributed by atoms with Gasteiger partial charge in [0.1, 0.15) is 19.0 Å². The van der Waals surface area contributed by atoms with Crippen LogP contribution in [0.5, 0.6) is 5.75 Å². The van der Waals surface area contributed by atoms with Crippen LogP contribution >= 0.6 is 22.9 Å². The molecule has 0 saturated heterocycles. The summed E-state index contributed by atoms with van der Waals surface area (Å²) in [6, 6.07) is 11.2. The number of aliphatic hydroxyl groups is 1. The van der Waals surface area contributed by atoms with Gasteiger partial charge >= 0.3 is 0 Å². The molecule has 0 spiro atoms. The molecule has 1 heterocycles. The van der Waals surface area contributed by atoms with Gasteiger partial charge in [0.25, 0.3) is 0 Å². The normalized spacial score (nSPS) is 9.67. The Kier molecular flexibility index (Phi) is 4.66. The fraction of sp³-hybridized carbons (Fsp3) is 0.143. The largest absolute Gasteiger partial charge is 0.488 e. The van der Waals surface area contributed by atoms with E-state index in [4.69, 9.17) is 21.4 Å². The first-order valence-corrected chi connectivity index (χ1v) is 6.54. The highest BCUT2D eigenvalue weighted by molar-refractivity contribution is 7.12. The molecule has 0 radical (unpaired) electrons. The van der Waals surface area contributed by atoms with Crippen molar-refractivity contribution in [3.63, 3.8) is 0 Å². The smallest absolute Gasteiger partial charge is 0.122 e. The van der Waals surface area contributed by atoms with Gasteiger partial charge < -0.3 is 9.84 Å². The highest BCUT2D eigenvalue weighted by Gasteiger charge is 1.99. The van der Waals surface area contributed by atoms with Gasteiger partial charge in [-0.15, -0.1) is 11.3 Å². The fourth-order valence-corrected chi connectivity index (χ4v) is 2.26. The number of halogens is 1. The summed E-state index contributed by atoms with van der Waals surface area (Å²) in [6.07, 6.45) is 0. The Bertz CT molecular complexity index is 563. The lowest BCUT2D eigenvalue weighted by molar-refractivity contribution is 0.310. The Labute approximate surface area is 115 Å². The number of rotatable bonds is 3. The molecule has 1 aromatic heterocycles. The lowest BCUT2D eigenvalue weighted by Gasteiger charge is -2.03. The monoisotopic (exact) mass is 278 g/mol. The second kappa shape index (κ2) is 6.46. The molecular formula is C14H11ClO2S. The Morgan fingerprint density at radius 2 is 1.94 bits per heavy atom. The van der Waals surface area contributed by atoms with Crippen LogP contribution in [0.1, 0.15) is 9.75 Å². The van der Waals surface area contributed by atoms with Crippen LogP contribution in [0.3, 0.4) is 0 Å². The molecule has 0 aliphatic heterocycles. The number of ether oxygens (including phenoxy) is 1.